The van der Waals surface area contributed by atoms with Crippen LogP contribution in [0.5, 0.6) is 0 Å². The van der Waals surface area contributed by atoms with Crippen LogP contribution in [0.4, 0.5) is 0 Å². The highest BCUT2D eigenvalue weighted by Gasteiger charge is 2.02. The lowest BCUT2D eigenvalue weighted by molar-refractivity contribution is 0.562. The van der Waals surface area contributed by atoms with Gasteiger partial charge < -0.3 is 11.1 Å². The van der Waals surface area contributed by atoms with Crippen molar-refractivity contribution in [2.24, 2.45) is 11.7 Å². The lowest BCUT2D eigenvalue weighted by Crippen LogP contribution is -2.22. The van der Waals surface area contributed by atoms with Gasteiger partial charge in [-0.1, -0.05) is 30.4 Å². The molecule has 2 heteroatoms. The molecule has 14 heavy (non-hydrogen) atoms. The number of hydrogen-bond donors (Lipinski definition) is 2. The van der Waals surface area contributed by atoms with E-state index in [2.05, 4.69) is 42.6 Å². The Labute approximate surface area is 86.6 Å². The standard InChI is InChI=1S/C12H20N2/c1-11-6-4-2-3-5-7-12(8-9-13)10-14-11/h2-3,5-7,12,14H,4,8-10,13H2,1H3/b3-2-,7-5+,11-6+. The van der Waals surface area contributed by atoms with Gasteiger partial charge in [-0.2, -0.15) is 0 Å². The smallest absolute Gasteiger partial charge is 0.0207 e. The maximum absolute atomic E-state index is 5.56. The Kier molecular flexibility index (Phi) is 5.08. The summed E-state index contributed by atoms with van der Waals surface area (Å²) in [5.41, 5.74) is 6.82. The summed E-state index contributed by atoms with van der Waals surface area (Å²) in [7, 11) is 0. The van der Waals surface area contributed by atoms with E-state index in [-0.39, 0.29) is 0 Å². The zero-order valence-electron chi connectivity index (χ0n) is 8.87. The maximum atomic E-state index is 5.56. The molecule has 1 unspecified atom stereocenters. The fourth-order valence-electron chi connectivity index (χ4n) is 1.47. The van der Waals surface area contributed by atoms with Gasteiger partial charge in [0.1, 0.15) is 0 Å². The second kappa shape index (κ2) is 6.44. The lowest BCUT2D eigenvalue weighted by Gasteiger charge is -2.14. The van der Waals surface area contributed by atoms with Crippen molar-refractivity contribution in [2.75, 3.05) is 13.1 Å². The van der Waals surface area contributed by atoms with Crippen LogP contribution in [-0.2, 0) is 0 Å². The Morgan fingerprint density at radius 2 is 2.36 bits per heavy atom. The van der Waals surface area contributed by atoms with Crippen molar-refractivity contribution < 1.29 is 0 Å². The number of nitrogens with one attached hydrogen (secondary N) is 1. The molecule has 78 valence electrons. The molecule has 0 aromatic rings. The van der Waals surface area contributed by atoms with Crippen molar-refractivity contribution in [2.45, 2.75) is 19.8 Å². The van der Waals surface area contributed by atoms with Crippen LogP contribution in [0.3, 0.4) is 0 Å². The average Bonchev–Trinajstić information content (AvgIpc) is 2.19. The first-order valence-electron chi connectivity index (χ1n) is 5.27. The van der Waals surface area contributed by atoms with E-state index in [1.807, 2.05) is 0 Å². The fraction of sp³-hybridized carbons (Fsp3) is 0.500. The highest BCUT2D eigenvalue weighted by Crippen LogP contribution is 2.06. The third kappa shape index (κ3) is 4.28. The van der Waals surface area contributed by atoms with Crippen LogP contribution in [-0.4, -0.2) is 13.1 Å². The Balaban J connectivity index is 2.57. The zero-order valence-corrected chi connectivity index (χ0v) is 8.87. The molecule has 2 nitrogen and oxygen atoms in total. The van der Waals surface area contributed by atoms with Gasteiger partial charge in [-0.25, -0.2) is 0 Å². The highest BCUT2D eigenvalue weighted by atomic mass is 14.9. The molecule has 0 aromatic carbocycles. The predicted octanol–water partition coefficient (Wildman–Crippen LogP) is 1.96. The highest BCUT2D eigenvalue weighted by molar-refractivity contribution is 5.10. The molecule has 0 saturated carbocycles. The summed E-state index contributed by atoms with van der Waals surface area (Å²) in [6.45, 7) is 3.85. The molecule has 0 aromatic heterocycles. The average molecular weight is 192 g/mol. The number of nitrogens with two attached hydrogens (primary N) is 1. The first-order valence-corrected chi connectivity index (χ1v) is 5.27. The Bertz CT molecular complexity index is 239. The van der Waals surface area contributed by atoms with E-state index in [0.717, 1.165) is 25.9 Å². The van der Waals surface area contributed by atoms with Crippen LogP contribution < -0.4 is 11.1 Å². The quantitative estimate of drug-likeness (QED) is 0.702. The second-order valence-electron chi connectivity index (χ2n) is 3.65. The van der Waals surface area contributed by atoms with Gasteiger partial charge in [0.2, 0.25) is 0 Å². The molecule has 0 fully saturated rings. The molecule has 1 rings (SSSR count). The Hall–Kier alpha value is -1.02. The van der Waals surface area contributed by atoms with E-state index in [9.17, 15) is 0 Å². The van der Waals surface area contributed by atoms with Crippen molar-refractivity contribution in [1.82, 2.24) is 5.32 Å². The van der Waals surface area contributed by atoms with Crippen molar-refractivity contribution in [1.29, 1.82) is 0 Å². The lowest BCUT2D eigenvalue weighted by atomic mass is 10.0. The molecule has 1 heterocycles. The van der Waals surface area contributed by atoms with Crippen LogP contribution in [0, 0.1) is 5.92 Å². The molecule has 0 aliphatic carbocycles. The number of allylic oxidation sites excluding steroid dienone is 5. The predicted molar refractivity (Wildman–Crippen MR) is 61.8 cm³/mol. The minimum Gasteiger partial charge on any atom is -0.388 e. The van der Waals surface area contributed by atoms with Crippen LogP contribution in [0.2, 0.25) is 0 Å². The Morgan fingerprint density at radius 3 is 3.14 bits per heavy atom. The molecule has 1 atom stereocenters. The van der Waals surface area contributed by atoms with Gasteiger partial charge in [-0.15, -0.1) is 0 Å². The number of hydrogen-bond acceptors (Lipinski definition) is 2. The van der Waals surface area contributed by atoms with Gasteiger partial charge in [0.25, 0.3) is 0 Å². The van der Waals surface area contributed by atoms with Crippen LogP contribution >= 0.6 is 0 Å². The molecule has 0 bridgehead atoms. The fourth-order valence-corrected chi connectivity index (χ4v) is 1.47. The van der Waals surface area contributed by atoms with Gasteiger partial charge in [0.05, 0.1) is 0 Å². The summed E-state index contributed by atoms with van der Waals surface area (Å²) in [4.78, 5) is 0. The molecule has 0 spiro atoms. The first-order chi connectivity index (χ1) is 6.83. The van der Waals surface area contributed by atoms with E-state index in [1.54, 1.807) is 0 Å². The molecule has 1 aliphatic heterocycles. The number of rotatable bonds is 2. The summed E-state index contributed by atoms with van der Waals surface area (Å²) in [6, 6.07) is 0. The summed E-state index contributed by atoms with van der Waals surface area (Å²) in [5.74, 6) is 0.547. The maximum Gasteiger partial charge on any atom is 0.0207 e. The molecular formula is C12H20N2. The van der Waals surface area contributed by atoms with Gasteiger partial charge in [0, 0.05) is 12.2 Å². The van der Waals surface area contributed by atoms with Crippen molar-refractivity contribution in [3.8, 4) is 0 Å². The van der Waals surface area contributed by atoms with Gasteiger partial charge in [-0.05, 0) is 32.2 Å². The summed E-state index contributed by atoms with van der Waals surface area (Å²) >= 11 is 0. The molecule has 0 radical (unpaired) electrons. The van der Waals surface area contributed by atoms with Crippen molar-refractivity contribution >= 4 is 0 Å². The van der Waals surface area contributed by atoms with Gasteiger partial charge >= 0.3 is 0 Å². The normalized spacial score (nSPS) is 31.0. The summed E-state index contributed by atoms with van der Waals surface area (Å²) in [5, 5.41) is 3.41. The van der Waals surface area contributed by atoms with Crippen molar-refractivity contribution in [3.63, 3.8) is 0 Å². The largest absolute Gasteiger partial charge is 0.388 e. The van der Waals surface area contributed by atoms with E-state index < -0.39 is 0 Å². The Morgan fingerprint density at radius 1 is 1.50 bits per heavy atom. The van der Waals surface area contributed by atoms with E-state index in [4.69, 9.17) is 5.73 Å². The zero-order chi connectivity index (χ0) is 10.2. The third-order valence-corrected chi connectivity index (χ3v) is 2.37. The minimum absolute atomic E-state index is 0.547. The van der Waals surface area contributed by atoms with Crippen LogP contribution in [0.25, 0.3) is 0 Å². The monoisotopic (exact) mass is 192 g/mol. The van der Waals surface area contributed by atoms with E-state index in [1.165, 1.54) is 5.70 Å². The summed E-state index contributed by atoms with van der Waals surface area (Å²) < 4.78 is 0. The molecule has 3 N–H and O–H groups in total. The molecule has 0 amide bonds. The molecule has 1 aliphatic rings. The molecular weight excluding hydrogens is 172 g/mol. The topological polar surface area (TPSA) is 38.0 Å². The summed E-state index contributed by atoms with van der Waals surface area (Å²) in [6.07, 6.45) is 12.9. The van der Waals surface area contributed by atoms with Crippen molar-refractivity contribution in [3.05, 3.63) is 36.1 Å². The van der Waals surface area contributed by atoms with E-state index in [0.29, 0.717) is 5.92 Å². The molecule has 0 saturated heterocycles. The van der Waals surface area contributed by atoms with Crippen LogP contribution in [0.1, 0.15) is 19.8 Å². The van der Waals surface area contributed by atoms with Gasteiger partial charge in [0.15, 0.2) is 0 Å². The second-order valence-corrected chi connectivity index (χ2v) is 3.65. The minimum atomic E-state index is 0.547. The first kappa shape index (κ1) is 11.1. The van der Waals surface area contributed by atoms with Crippen LogP contribution in [0.15, 0.2) is 36.1 Å². The SMILES string of the molecule is C/C1=C\C/C=C\C=C\C(CCN)CN1. The van der Waals surface area contributed by atoms with E-state index >= 15 is 0 Å². The van der Waals surface area contributed by atoms with Gasteiger partial charge in [-0.3, -0.25) is 0 Å². The third-order valence-electron chi connectivity index (χ3n) is 2.37.